The number of amides is 3. The fourth-order valence-electron chi connectivity index (χ4n) is 9.47. The number of rotatable bonds is 10. The van der Waals surface area contributed by atoms with Gasteiger partial charge in [-0.1, -0.05) is 48.5 Å². The lowest BCUT2D eigenvalue weighted by molar-refractivity contribution is -0.151. The van der Waals surface area contributed by atoms with Gasteiger partial charge in [0.05, 0.1) is 30.4 Å². The van der Waals surface area contributed by atoms with E-state index in [2.05, 4.69) is 21.2 Å². The lowest BCUT2D eigenvalue weighted by Crippen LogP contribution is -2.55. The van der Waals surface area contributed by atoms with E-state index in [1.807, 2.05) is 66.7 Å². The molecule has 290 valence electrons. The molecule has 0 radical (unpaired) electrons. The highest BCUT2D eigenvalue weighted by atomic mass is 16.5. The molecule has 12 nitrogen and oxygen atoms in total. The number of carbonyl (C=O) groups excluding carboxylic acids is 3. The van der Waals surface area contributed by atoms with Crippen molar-refractivity contribution in [3.05, 3.63) is 94.4 Å². The minimum Gasteiger partial charge on any atom is -0.497 e. The number of aromatic nitrogens is 2. The number of fused-ring (bicyclic) bond motifs is 1. The van der Waals surface area contributed by atoms with Crippen molar-refractivity contribution in [2.24, 2.45) is 18.4 Å². The molecule has 1 N–H and O–H groups in total. The van der Waals surface area contributed by atoms with Crippen molar-refractivity contribution in [3.63, 3.8) is 0 Å². The number of ether oxygens (including phenoxy) is 2. The number of carbonyl (C=O) groups is 3. The third-order valence-electron chi connectivity index (χ3n) is 12.7. The van der Waals surface area contributed by atoms with E-state index in [4.69, 9.17) is 9.47 Å². The van der Waals surface area contributed by atoms with Crippen molar-refractivity contribution in [3.8, 4) is 5.75 Å². The summed E-state index contributed by atoms with van der Waals surface area (Å²) in [6.07, 6.45) is 6.73. The largest absolute Gasteiger partial charge is 0.497 e. The Balaban J connectivity index is 0.844. The van der Waals surface area contributed by atoms with Crippen LogP contribution in [0.25, 0.3) is 11.0 Å². The fourth-order valence-corrected chi connectivity index (χ4v) is 9.47. The van der Waals surface area contributed by atoms with Gasteiger partial charge in [0.25, 0.3) is 5.91 Å². The van der Waals surface area contributed by atoms with E-state index in [1.165, 1.54) is 17.7 Å². The van der Waals surface area contributed by atoms with Crippen LogP contribution in [0.1, 0.15) is 68.5 Å². The van der Waals surface area contributed by atoms with Gasteiger partial charge in [0.2, 0.25) is 5.91 Å². The maximum absolute atomic E-state index is 13.9. The van der Waals surface area contributed by atoms with Crippen LogP contribution in [0.4, 0.5) is 10.5 Å². The molecule has 8 rings (SSSR count). The van der Waals surface area contributed by atoms with Crippen molar-refractivity contribution in [1.29, 1.82) is 0 Å². The third-order valence-corrected chi connectivity index (χ3v) is 12.7. The van der Waals surface area contributed by atoms with Crippen molar-refractivity contribution in [2.75, 3.05) is 44.7 Å². The Labute approximate surface area is 322 Å². The predicted octanol–water partition coefficient (Wildman–Crippen LogP) is 5.63. The summed E-state index contributed by atoms with van der Waals surface area (Å²) in [4.78, 5) is 59.4. The number of hydrogen-bond acceptors (Lipinski definition) is 8. The Kier molecular flexibility index (Phi) is 10.4. The molecular weight excluding hydrogens is 697 g/mol. The smallest absolute Gasteiger partial charge is 0.407 e. The molecule has 3 saturated heterocycles. The predicted molar refractivity (Wildman–Crippen MR) is 210 cm³/mol. The molecule has 1 unspecified atom stereocenters. The molecule has 4 aromatic rings. The molecule has 55 heavy (non-hydrogen) atoms. The van der Waals surface area contributed by atoms with Gasteiger partial charge in [0.1, 0.15) is 18.4 Å². The number of hydrogen-bond donors (Lipinski definition) is 1. The first-order valence-corrected chi connectivity index (χ1v) is 19.8. The molecule has 4 aliphatic rings. The molecule has 0 bridgehead atoms. The van der Waals surface area contributed by atoms with E-state index in [0.717, 1.165) is 86.3 Å². The number of anilines is 1. The summed E-state index contributed by atoms with van der Waals surface area (Å²) in [5.74, 6) is 0.752. The number of likely N-dealkylation sites (tertiary alicyclic amines) is 2. The Hall–Kier alpha value is -5.10. The van der Waals surface area contributed by atoms with Gasteiger partial charge in [-0.15, -0.1) is 0 Å². The van der Waals surface area contributed by atoms with E-state index in [-0.39, 0.29) is 42.6 Å². The number of benzene rings is 3. The van der Waals surface area contributed by atoms with Gasteiger partial charge in [-0.3, -0.25) is 23.6 Å². The van der Waals surface area contributed by atoms with E-state index >= 15 is 0 Å². The Morgan fingerprint density at radius 1 is 0.855 bits per heavy atom. The number of methoxy groups -OCH3 is 1. The summed E-state index contributed by atoms with van der Waals surface area (Å²) in [5, 5.41) is 3.07. The summed E-state index contributed by atoms with van der Waals surface area (Å²) in [6.45, 7) is 5.56. The zero-order valence-electron chi connectivity index (χ0n) is 32.0. The second-order valence-corrected chi connectivity index (χ2v) is 16.1. The van der Waals surface area contributed by atoms with Crippen LogP contribution in [0.15, 0.2) is 77.6 Å². The molecule has 4 heterocycles. The van der Waals surface area contributed by atoms with Crippen LogP contribution in [0, 0.1) is 11.3 Å². The first-order chi connectivity index (χ1) is 26.7. The van der Waals surface area contributed by atoms with Crippen LogP contribution in [-0.4, -0.2) is 82.7 Å². The lowest BCUT2D eigenvalue weighted by atomic mass is 9.60. The zero-order chi connectivity index (χ0) is 38.1. The number of alkyl carbamates (subject to hydrolysis) is 1. The number of nitrogens with zero attached hydrogens (tertiary/aromatic N) is 5. The standard InChI is InChI=1S/C43H52N6O6/c1-45-39-35(9-6-10-36(39)49(42(45)53)37-15-16-38(50)48(40(37)51)28-30-11-13-34(54-2)14-12-30)47-21-17-31(18-22-47)27-46-23-19-43(20-24-46)25-33(26-43)44-41(52)55-29-32-7-4-3-5-8-32/h3-14,31,33,37H,15-29H2,1-2H3,(H,44,52). The highest BCUT2D eigenvalue weighted by molar-refractivity contribution is 6.00. The second kappa shape index (κ2) is 15.6. The molecule has 4 fully saturated rings. The normalized spacial score (nSPS) is 20.9. The van der Waals surface area contributed by atoms with Crippen LogP contribution in [0.3, 0.4) is 0 Å². The molecule has 12 heteroatoms. The van der Waals surface area contributed by atoms with Crippen LogP contribution in [0.5, 0.6) is 5.75 Å². The number of aryl methyl sites for hydroxylation is 1. The van der Waals surface area contributed by atoms with Gasteiger partial charge in [0, 0.05) is 39.1 Å². The van der Waals surface area contributed by atoms with Gasteiger partial charge < -0.3 is 24.6 Å². The quantitative estimate of drug-likeness (QED) is 0.208. The minimum absolute atomic E-state index is 0.155. The van der Waals surface area contributed by atoms with E-state index in [0.29, 0.717) is 30.1 Å². The van der Waals surface area contributed by atoms with Crippen LogP contribution in [-0.2, 0) is 34.5 Å². The monoisotopic (exact) mass is 748 g/mol. The summed E-state index contributed by atoms with van der Waals surface area (Å²) in [6, 6.07) is 22.5. The summed E-state index contributed by atoms with van der Waals surface area (Å²) in [5.41, 5.74) is 4.48. The summed E-state index contributed by atoms with van der Waals surface area (Å²) in [7, 11) is 3.38. The SMILES string of the molecule is COc1ccc(CN2C(=O)CCC(n3c(=O)n(C)c4c(N5CCC(CN6CCC7(CC6)CC(NC(=O)OCc6ccccc6)C7)CC5)cccc43)C2=O)cc1. The second-order valence-electron chi connectivity index (χ2n) is 16.1. The Bertz CT molecular complexity index is 2070. The molecule has 1 aliphatic carbocycles. The summed E-state index contributed by atoms with van der Waals surface area (Å²) >= 11 is 0. The van der Waals surface area contributed by atoms with Crippen LogP contribution in [0.2, 0.25) is 0 Å². The number of nitrogens with one attached hydrogen (secondary N) is 1. The average Bonchev–Trinajstić information content (AvgIpc) is 3.45. The first kappa shape index (κ1) is 36.9. The molecule has 1 atom stereocenters. The van der Waals surface area contributed by atoms with Gasteiger partial charge >= 0.3 is 11.8 Å². The Morgan fingerprint density at radius 2 is 1.58 bits per heavy atom. The fraction of sp³-hybridized carbons (Fsp3) is 0.488. The molecule has 1 spiro atoms. The maximum atomic E-state index is 13.9. The van der Waals surface area contributed by atoms with E-state index < -0.39 is 6.04 Å². The molecule has 1 aromatic heterocycles. The number of para-hydroxylation sites is 1. The first-order valence-electron chi connectivity index (χ1n) is 19.8. The zero-order valence-corrected chi connectivity index (χ0v) is 32.0. The molecule has 3 aliphatic heterocycles. The third kappa shape index (κ3) is 7.61. The van der Waals surface area contributed by atoms with E-state index in [9.17, 15) is 19.2 Å². The molecule has 3 aromatic carbocycles. The van der Waals surface area contributed by atoms with Gasteiger partial charge in [-0.25, -0.2) is 9.59 Å². The number of imide groups is 1. The number of piperidine rings is 3. The average molecular weight is 749 g/mol. The van der Waals surface area contributed by atoms with Gasteiger partial charge in [-0.2, -0.15) is 0 Å². The van der Waals surface area contributed by atoms with Gasteiger partial charge in [0.15, 0.2) is 0 Å². The lowest BCUT2D eigenvalue weighted by Gasteiger charge is -2.52. The van der Waals surface area contributed by atoms with Crippen LogP contribution < -0.4 is 20.6 Å². The van der Waals surface area contributed by atoms with Crippen molar-refractivity contribution < 1.29 is 23.9 Å². The van der Waals surface area contributed by atoms with Crippen LogP contribution >= 0.6 is 0 Å². The Morgan fingerprint density at radius 3 is 2.29 bits per heavy atom. The van der Waals surface area contributed by atoms with Crippen molar-refractivity contribution in [1.82, 2.24) is 24.3 Å². The maximum Gasteiger partial charge on any atom is 0.407 e. The highest BCUT2D eigenvalue weighted by Crippen LogP contribution is 2.49. The highest BCUT2D eigenvalue weighted by Gasteiger charge is 2.46. The van der Waals surface area contributed by atoms with Gasteiger partial charge in [-0.05, 0) is 105 Å². The topological polar surface area (TPSA) is 118 Å². The summed E-state index contributed by atoms with van der Waals surface area (Å²) < 4.78 is 14.0. The minimum atomic E-state index is -0.750. The van der Waals surface area contributed by atoms with Crippen molar-refractivity contribution in [2.45, 2.75) is 76.6 Å². The van der Waals surface area contributed by atoms with E-state index in [1.54, 1.807) is 23.3 Å². The number of imidazole rings is 1. The molecule has 3 amide bonds. The van der Waals surface area contributed by atoms with Crippen molar-refractivity contribution >= 4 is 34.6 Å². The molecule has 1 saturated carbocycles. The molecular formula is C43H52N6O6.